The Morgan fingerprint density at radius 3 is 2.68 bits per heavy atom. The Kier molecular flexibility index (Phi) is 4.62. The smallest absolute Gasteiger partial charge is 0.244 e. The monoisotopic (exact) mass is 288 g/mol. The highest BCUT2D eigenvalue weighted by Crippen LogP contribution is 2.19. The number of aliphatic hydroxyl groups excluding tert-OH is 1. The van der Waals surface area contributed by atoms with Crippen LogP contribution in [0, 0.1) is 6.92 Å². The third kappa shape index (κ3) is 3.56. The van der Waals surface area contributed by atoms with Crippen LogP contribution in [0.15, 0.2) is 15.4 Å². The van der Waals surface area contributed by atoms with E-state index < -0.39 is 10.0 Å². The van der Waals surface area contributed by atoms with E-state index in [0.717, 1.165) is 19.6 Å². The van der Waals surface area contributed by atoms with Crippen LogP contribution in [0.2, 0.25) is 0 Å². The van der Waals surface area contributed by atoms with Gasteiger partial charge in [0, 0.05) is 19.2 Å². The number of nitrogens with zero attached hydrogens (tertiary/aromatic N) is 1. The van der Waals surface area contributed by atoms with Crippen molar-refractivity contribution in [1.82, 2.24) is 9.62 Å². The van der Waals surface area contributed by atoms with E-state index in [1.165, 1.54) is 18.9 Å². The van der Waals surface area contributed by atoms with E-state index in [9.17, 15) is 8.42 Å². The molecule has 2 rings (SSSR count). The summed E-state index contributed by atoms with van der Waals surface area (Å²) in [4.78, 5) is 2.35. The molecule has 0 saturated carbocycles. The summed E-state index contributed by atoms with van der Waals surface area (Å²) in [5.41, 5.74) is 0. The first-order valence-corrected chi connectivity index (χ1v) is 7.93. The first-order valence-electron chi connectivity index (χ1n) is 6.45. The average Bonchev–Trinajstić information content (AvgIpc) is 2.98. The zero-order chi connectivity index (χ0) is 13.9. The number of likely N-dealkylation sites (tertiary alicyclic amines) is 1. The number of sulfonamides is 1. The lowest BCUT2D eigenvalue weighted by Gasteiger charge is -2.14. The van der Waals surface area contributed by atoms with Gasteiger partial charge in [-0.25, -0.2) is 13.1 Å². The molecule has 1 aliphatic rings. The standard InChI is InChI=1S/C12H20N2O4S/c1-10-12(8-11(9-15)18-10)19(16,17)13-4-7-14-5-2-3-6-14/h8,13,15H,2-7,9H2,1H3. The first-order chi connectivity index (χ1) is 9.03. The Morgan fingerprint density at radius 2 is 2.11 bits per heavy atom. The average molecular weight is 288 g/mol. The van der Waals surface area contributed by atoms with Gasteiger partial charge in [0.05, 0.1) is 0 Å². The van der Waals surface area contributed by atoms with Gasteiger partial charge in [0.2, 0.25) is 10.0 Å². The first kappa shape index (κ1) is 14.5. The highest BCUT2D eigenvalue weighted by atomic mass is 32.2. The third-order valence-electron chi connectivity index (χ3n) is 3.29. The molecule has 1 aromatic rings. The summed E-state index contributed by atoms with van der Waals surface area (Å²) in [5.74, 6) is 0.565. The Balaban J connectivity index is 1.95. The predicted octanol–water partition coefficient (Wildman–Crippen LogP) is 0.454. The number of rotatable bonds is 6. The van der Waals surface area contributed by atoms with Gasteiger partial charge in [-0.2, -0.15) is 0 Å². The second-order valence-electron chi connectivity index (χ2n) is 4.74. The maximum atomic E-state index is 12.1. The van der Waals surface area contributed by atoms with Crippen molar-refractivity contribution in [2.24, 2.45) is 0 Å². The lowest BCUT2D eigenvalue weighted by Crippen LogP contribution is -2.33. The minimum Gasteiger partial charge on any atom is -0.462 e. The molecule has 108 valence electrons. The highest BCUT2D eigenvalue weighted by Gasteiger charge is 2.21. The second kappa shape index (κ2) is 6.04. The highest BCUT2D eigenvalue weighted by molar-refractivity contribution is 7.89. The number of hydrogen-bond donors (Lipinski definition) is 2. The number of aliphatic hydroxyl groups is 1. The van der Waals surface area contributed by atoms with E-state index in [0.29, 0.717) is 12.3 Å². The van der Waals surface area contributed by atoms with Gasteiger partial charge in [0.25, 0.3) is 0 Å². The Morgan fingerprint density at radius 1 is 1.42 bits per heavy atom. The molecular formula is C12H20N2O4S. The Hall–Kier alpha value is -0.890. The molecule has 0 spiro atoms. The largest absolute Gasteiger partial charge is 0.462 e. The van der Waals surface area contributed by atoms with Gasteiger partial charge >= 0.3 is 0 Å². The number of hydrogen-bond acceptors (Lipinski definition) is 5. The van der Waals surface area contributed by atoms with Crippen LogP contribution >= 0.6 is 0 Å². The molecule has 0 atom stereocenters. The molecule has 1 saturated heterocycles. The third-order valence-corrected chi connectivity index (χ3v) is 4.86. The second-order valence-corrected chi connectivity index (χ2v) is 6.47. The summed E-state index contributed by atoms with van der Waals surface area (Å²) >= 11 is 0. The molecule has 1 fully saturated rings. The summed E-state index contributed by atoms with van der Waals surface area (Å²) in [7, 11) is -3.55. The molecule has 0 bridgehead atoms. The Bertz CT molecular complexity index is 518. The van der Waals surface area contributed by atoms with Gasteiger partial charge in [-0.05, 0) is 32.9 Å². The molecule has 0 amide bonds. The molecule has 19 heavy (non-hydrogen) atoms. The van der Waals surface area contributed by atoms with Crippen LogP contribution in [-0.4, -0.2) is 44.6 Å². The fourth-order valence-corrected chi connectivity index (χ4v) is 3.51. The van der Waals surface area contributed by atoms with Crippen molar-refractivity contribution in [3.8, 4) is 0 Å². The minimum absolute atomic E-state index is 0.109. The molecule has 0 unspecified atom stereocenters. The summed E-state index contributed by atoms with van der Waals surface area (Å²) in [6.45, 7) is 4.48. The molecule has 2 heterocycles. The number of nitrogens with one attached hydrogen (secondary N) is 1. The van der Waals surface area contributed by atoms with Crippen LogP contribution in [-0.2, 0) is 16.6 Å². The van der Waals surface area contributed by atoms with E-state index in [1.54, 1.807) is 6.92 Å². The lowest BCUT2D eigenvalue weighted by atomic mass is 10.4. The van der Waals surface area contributed by atoms with Gasteiger partial charge in [-0.15, -0.1) is 0 Å². The summed E-state index contributed by atoms with van der Waals surface area (Å²) < 4.78 is 31.9. The van der Waals surface area contributed by atoms with Gasteiger partial charge in [-0.3, -0.25) is 0 Å². The molecule has 0 aliphatic carbocycles. The topological polar surface area (TPSA) is 82.8 Å². The van der Waals surface area contributed by atoms with E-state index >= 15 is 0 Å². The Labute approximate surface area is 113 Å². The molecule has 7 heteroatoms. The zero-order valence-corrected chi connectivity index (χ0v) is 11.9. The van der Waals surface area contributed by atoms with E-state index in [2.05, 4.69) is 9.62 Å². The fourth-order valence-electron chi connectivity index (χ4n) is 2.29. The van der Waals surface area contributed by atoms with Gasteiger partial charge in [0.1, 0.15) is 23.0 Å². The summed E-state index contributed by atoms with van der Waals surface area (Å²) in [6.07, 6.45) is 2.38. The van der Waals surface area contributed by atoms with Crippen LogP contribution in [0.4, 0.5) is 0 Å². The number of aryl methyl sites for hydroxylation is 1. The van der Waals surface area contributed by atoms with E-state index in [1.807, 2.05) is 0 Å². The quantitative estimate of drug-likeness (QED) is 0.794. The molecule has 1 aliphatic heterocycles. The molecule has 6 nitrogen and oxygen atoms in total. The van der Waals surface area contributed by atoms with Gasteiger partial charge < -0.3 is 14.4 Å². The lowest BCUT2D eigenvalue weighted by molar-refractivity contribution is 0.244. The molecule has 0 radical (unpaired) electrons. The van der Waals surface area contributed by atoms with E-state index in [4.69, 9.17) is 9.52 Å². The van der Waals surface area contributed by atoms with Crippen LogP contribution in [0.5, 0.6) is 0 Å². The van der Waals surface area contributed by atoms with Crippen molar-refractivity contribution in [3.05, 3.63) is 17.6 Å². The van der Waals surface area contributed by atoms with Crippen molar-refractivity contribution in [3.63, 3.8) is 0 Å². The van der Waals surface area contributed by atoms with Crippen molar-refractivity contribution in [2.45, 2.75) is 31.3 Å². The fraction of sp³-hybridized carbons (Fsp3) is 0.667. The summed E-state index contributed by atoms with van der Waals surface area (Å²) in [6, 6.07) is 1.37. The molecule has 0 aromatic carbocycles. The maximum Gasteiger partial charge on any atom is 0.244 e. The van der Waals surface area contributed by atoms with Gasteiger partial charge in [0.15, 0.2) is 0 Å². The van der Waals surface area contributed by atoms with Crippen LogP contribution < -0.4 is 4.72 Å². The van der Waals surface area contributed by atoms with Crippen molar-refractivity contribution in [1.29, 1.82) is 0 Å². The minimum atomic E-state index is -3.55. The normalized spacial score (nSPS) is 17.2. The summed E-state index contributed by atoms with van der Waals surface area (Å²) in [5, 5.41) is 8.95. The van der Waals surface area contributed by atoms with Crippen LogP contribution in [0.25, 0.3) is 0 Å². The molecule has 2 N–H and O–H groups in total. The van der Waals surface area contributed by atoms with Crippen molar-refractivity contribution < 1.29 is 17.9 Å². The van der Waals surface area contributed by atoms with Gasteiger partial charge in [-0.1, -0.05) is 0 Å². The van der Waals surface area contributed by atoms with Crippen molar-refractivity contribution in [2.75, 3.05) is 26.2 Å². The van der Waals surface area contributed by atoms with Crippen LogP contribution in [0.3, 0.4) is 0 Å². The van der Waals surface area contributed by atoms with Crippen LogP contribution in [0.1, 0.15) is 24.4 Å². The molecule has 1 aromatic heterocycles. The predicted molar refractivity (Wildman–Crippen MR) is 70.2 cm³/mol. The number of furan rings is 1. The SMILES string of the molecule is Cc1oc(CO)cc1S(=O)(=O)NCCN1CCCC1. The van der Waals surface area contributed by atoms with Crippen molar-refractivity contribution >= 4 is 10.0 Å². The maximum absolute atomic E-state index is 12.1. The zero-order valence-electron chi connectivity index (χ0n) is 11.1. The van der Waals surface area contributed by atoms with E-state index in [-0.39, 0.29) is 17.3 Å². The molecular weight excluding hydrogens is 268 g/mol.